The first-order chi connectivity index (χ1) is 11.0. The van der Waals surface area contributed by atoms with Crippen LogP contribution in [0.3, 0.4) is 0 Å². The molecule has 0 amide bonds. The summed E-state index contributed by atoms with van der Waals surface area (Å²) in [6.45, 7) is 0. The molecule has 0 saturated heterocycles. The van der Waals surface area contributed by atoms with Gasteiger partial charge in [-0.1, -0.05) is 24.3 Å². The lowest BCUT2D eigenvalue weighted by Crippen LogP contribution is -2.04. The quantitative estimate of drug-likeness (QED) is 0.406. The predicted molar refractivity (Wildman–Crippen MR) is 81.8 cm³/mol. The number of aromatic hydroxyl groups is 1. The van der Waals surface area contributed by atoms with Crippen LogP contribution < -0.4 is 0 Å². The summed E-state index contributed by atoms with van der Waals surface area (Å²) < 4.78 is 5.09. The van der Waals surface area contributed by atoms with Gasteiger partial charge in [0, 0.05) is 11.6 Å². The number of esters is 1. The molecule has 7 heteroatoms. The van der Waals surface area contributed by atoms with Crippen molar-refractivity contribution in [3.63, 3.8) is 0 Å². The van der Waals surface area contributed by atoms with Crippen molar-refractivity contribution in [3.8, 4) is 5.75 Å². The Bertz CT molecular complexity index is 856. The molecular formula is C16H10N2O5. The van der Waals surface area contributed by atoms with Crippen LogP contribution in [0.5, 0.6) is 5.75 Å². The molecule has 0 fully saturated rings. The molecule has 0 unspecified atom stereocenters. The molecule has 0 atom stereocenters. The number of benzene rings is 2. The monoisotopic (exact) mass is 310 g/mol. The summed E-state index contributed by atoms with van der Waals surface area (Å²) in [5, 5.41) is 20.2. The number of carbonyl (C=O) groups excluding carboxylic acids is 1. The molecule has 2 aromatic carbocycles. The standard InChI is InChI=1S/C16H10N2O5/c19-14-7-6-10(9-13(14)18(21)22)8-12-16(20)23-15(17-12)11-4-2-1-3-5-11/h1-9,19H. The van der Waals surface area contributed by atoms with Gasteiger partial charge in [-0.25, -0.2) is 9.79 Å². The van der Waals surface area contributed by atoms with Crippen molar-refractivity contribution < 1.29 is 19.6 Å². The largest absolute Gasteiger partial charge is 0.502 e. The molecule has 0 saturated carbocycles. The smallest absolute Gasteiger partial charge is 0.363 e. The summed E-state index contributed by atoms with van der Waals surface area (Å²) in [4.78, 5) is 26.1. The second-order valence-corrected chi connectivity index (χ2v) is 4.71. The van der Waals surface area contributed by atoms with Crippen LogP contribution in [0.2, 0.25) is 0 Å². The highest BCUT2D eigenvalue weighted by Gasteiger charge is 2.24. The summed E-state index contributed by atoms with van der Waals surface area (Å²) in [5.41, 5.74) is 0.599. The zero-order chi connectivity index (χ0) is 16.4. The lowest BCUT2D eigenvalue weighted by atomic mass is 10.1. The van der Waals surface area contributed by atoms with E-state index in [1.165, 1.54) is 18.2 Å². The number of cyclic esters (lactones) is 1. The van der Waals surface area contributed by atoms with Crippen molar-refractivity contribution in [1.29, 1.82) is 0 Å². The van der Waals surface area contributed by atoms with E-state index in [2.05, 4.69) is 4.99 Å². The topological polar surface area (TPSA) is 102 Å². The van der Waals surface area contributed by atoms with Crippen molar-refractivity contribution in [2.75, 3.05) is 0 Å². The van der Waals surface area contributed by atoms with Gasteiger partial charge in [0.25, 0.3) is 0 Å². The number of nitro groups is 1. The predicted octanol–water partition coefficient (Wildman–Crippen LogP) is 2.64. The number of nitro benzene ring substituents is 1. The highest BCUT2D eigenvalue weighted by Crippen LogP contribution is 2.28. The molecule has 0 aromatic heterocycles. The van der Waals surface area contributed by atoms with Gasteiger partial charge in [-0.05, 0) is 29.8 Å². The van der Waals surface area contributed by atoms with Crippen LogP contribution in [-0.4, -0.2) is 21.9 Å². The van der Waals surface area contributed by atoms with Gasteiger partial charge >= 0.3 is 11.7 Å². The van der Waals surface area contributed by atoms with Gasteiger partial charge < -0.3 is 9.84 Å². The third-order valence-electron chi connectivity index (χ3n) is 3.14. The third-order valence-corrected chi connectivity index (χ3v) is 3.14. The van der Waals surface area contributed by atoms with Crippen molar-refractivity contribution in [2.45, 2.75) is 0 Å². The molecule has 7 nitrogen and oxygen atoms in total. The van der Waals surface area contributed by atoms with Crippen LogP contribution in [0, 0.1) is 10.1 Å². The summed E-state index contributed by atoms with van der Waals surface area (Å²) >= 11 is 0. The molecule has 23 heavy (non-hydrogen) atoms. The zero-order valence-electron chi connectivity index (χ0n) is 11.7. The van der Waals surface area contributed by atoms with Gasteiger partial charge in [-0.3, -0.25) is 10.1 Å². The van der Waals surface area contributed by atoms with Gasteiger partial charge in [0.2, 0.25) is 5.90 Å². The highest BCUT2D eigenvalue weighted by molar-refractivity contribution is 6.12. The fourth-order valence-electron chi connectivity index (χ4n) is 2.05. The van der Waals surface area contributed by atoms with Crippen molar-refractivity contribution >= 4 is 23.6 Å². The number of aliphatic imine (C=N–C) groups is 1. The average molecular weight is 310 g/mol. The van der Waals surface area contributed by atoms with Crippen LogP contribution in [-0.2, 0) is 9.53 Å². The van der Waals surface area contributed by atoms with E-state index in [9.17, 15) is 20.0 Å². The molecule has 2 aromatic rings. The maximum Gasteiger partial charge on any atom is 0.363 e. The van der Waals surface area contributed by atoms with E-state index in [0.717, 1.165) is 6.07 Å². The lowest BCUT2D eigenvalue weighted by Gasteiger charge is -1.98. The van der Waals surface area contributed by atoms with Crippen LogP contribution in [0.1, 0.15) is 11.1 Å². The maximum absolute atomic E-state index is 11.9. The average Bonchev–Trinajstić information content (AvgIpc) is 2.91. The lowest BCUT2D eigenvalue weighted by molar-refractivity contribution is -0.385. The molecule has 114 valence electrons. The van der Waals surface area contributed by atoms with Crippen LogP contribution >= 0.6 is 0 Å². The number of hydrogen-bond acceptors (Lipinski definition) is 6. The number of rotatable bonds is 3. The highest BCUT2D eigenvalue weighted by atomic mass is 16.6. The Morgan fingerprint density at radius 1 is 1.17 bits per heavy atom. The normalized spacial score (nSPS) is 15.4. The van der Waals surface area contributed by atoms with Crippen molar-refractivity contribution in [1.82, 2.24) is 0 Å². The first kappa shape index (κ1) is 14.5. The Hall–Kier alpha value is -3.48. The minimum absolute atomic E-state index is 0.0313. The van der Waals surface area contributed by atoms with E-state index in [1.807, 2.05) is 6.07 Å². The Labute approximate surface area is 130 Å². The number of phenols is 1. The molecule has 0 radical (unpaired) electrons. The van der Waals surface area contributed by atoms with E-state index < -0.39 is 22.3 Å². The molecule has 3 rings (SSSR count). The number of nitrogens with zero attached hydrogens (tertiary/aromatic N) is 2. The van der Waals surface area contributed by atoms with Crippen LogP contribution in [0.25, 0.3) is 6.08 Å². The molecule has 0 spiro atoms. The molecule has 0 bridgehead atoms. The third kappa shape index (κ3) is 2.93. The summed E-state index contributed by atoms with van der Waals surface area (Å²) in [6.07, 6.45) is 1.37. The van der Waals surface area contributed by atoms with E-state index in [-0.39, 0.29) is 11.6 Å². The summed E-state index contributed by atoms with van der Waals surface area (Å²) in [5.74, 6) is -0.908. The van der Waals surface area contributed by atoms with E-state index in [1.54, 1.807) is 24.3 Å². The first-order valence-corrected chi connectivity index (χ1v) is 6.60. The Morgan fingerprint density at radius 2 is 1.91 bits per heavy atom. The maximum atomic E-state index is 11.9. The fourth-order valence-corrected chi connectivity index (χ4v) is 2.05. The van der Waals surface area contributed by atoms with E-state index >= 15 is 0 Å². The second-order valence-electron chi connectivity index (χ2n) is 4.71. The first-order valence-electron chi connectivity index (χ1n) is 6.60. The number of carbonyl (C=O) groups is 1. The van der Waals surface area contributed by atoms with Crippen molar-refractivity contribution in [3.05, 3.63) is 75.5 Å². The second kappa shape index (κ2) is 5.72. The molecule has 1 N–H and O–H groups in total. The molecule has 0 aliphatic carbocycles. The minimum atomic E-state index is -0.705. The molecule has 1 heterocycles. The zero-order valence-corrected chi connectivity index (χ0v) is 11.7. The number of phenolic OH excluding ortho intramolecular Hbond substituents is 1. The fraction of sp³-hybridized carbons (Fsp3) is 0. The Balaban J connectivity index is 1.97. The Morgan fingerprint density at radius 3 is 2.61 bits per heavy atom. The van der Waals surface area contributed by atoms with E-state index in [0.29, 0.717) is 11.1 Å². The summed E-state index contributed by atoms with van der Waals surface area (Å²) in [7, 11) is 0. The SMILES string of the molecule is O=C1OC(c2ccccc2)=NC1=Cc1ccc(O)c([N+](=O)[O-])c1. The van der Waals surface area contributed by atoms with Gasteiger partial charge in [-0.15, -0.1) is 0 Å². The molecule has 1 aliphatic heterocycles. The number of hydrogen-bond donors (Lipinski definition) is 1. The molecular weight excluding hydrogens is 300 g/mol. The van der Waals surface area contributed by atoms with Gasteiger partial charge in [0.05, 0.1) is 4.92 Å². The molecule has 1 aliphatic rings. The van der Waals surface area contributed by atoms with Crippen LogP contribution in [0.15, 0.2) is 59.2 Å². The van der Waals surface area contributed by atoms with Gasteiger partial charge in [0.15, 0.2) is 11.4 Å². The van der Waals surface area contributed by atoms with Crippen LogP contribution in [0.4, 0.5) is 5.69 Å². The van der Waals surface area contributed by atoms with E-state index in [4.69, 9.17) is 4.74 Å². The Kier molecular flexibility index (Phi) is 3.60. The van der Waals surface area contributed by atoms with Gasteiger partial charge in [-0.2, -0.15) is 0 Å². The van der Waals surface area contributed by atoms with Crippen molar-refractivity contribution in [2.24, 2.45) is 4.99 Å². The number of ether oxygens (including phenoxy) is 1. The van der Waals surface area contributed by atoms with Gasteiger partial charge in [0.1, 0.15) is 0 Å². The summed E-state index contributed by atoms with van der Waals surface area (Å²) in [6, 6.07) is 12.7. The minimum Gasteiger partial charge on any atom is -0.502 e.